The van der Waals surface area contributed by atoms with Crippen LogP contribution in [0.1, 0.15) is 12.0 Å². The summed E-state index contributed by atoms with van der Waals surface area (Å²) >= 11 is 0. The summed E-state index contributed by atoms with van der Waals surface area (Å²) < 4.78 is 10.7. The maximum absolute atomic E-state index is 12.7. The number of para-hydroxylation sites is 2. The van der Waals surface area contributed by atoms with E-state index >= 15 is 0 Å². The van der Waals surface area contributed by atoms with E-state index in [2.05, 4.69) is 21.2 Å². The van der Waals surface area contributed by atoms with E-state index in [0.29, 0.717) is 18.0 Å². The first-order valence-electron chi connectivity index (χ1n) is 11.2. The van der Waals surface area contributed by atoms with Crippen molar-refractivity contribution < 1.29 is 19.1 Å². The summed E-state index contributed by atoms with van der Waals surface area (Å²) in [5.41, 5.74) is 2.21. The number of nitrogens with zero attached hydrogens (tertiary/aromatic N) is 3. The standard InChI is InChI=1S/C25H30N4O4/c1-32-20-8-5-7-19(17-20)18-21-24(30)29(25(31)26-21)12-6-11-27-13-15-28(16-14-27)22-9-3-4-10-23(22)33-2/h3-5,7-10,17-18H,6,11-16H2,1-2H3,(H,26,31)/b21-18+. The average Bonchev–Trinajstić information content (AvgIpc) is 3.11. The van der Waals surface area contributed by atoms with Crippen LogP contribution in [0.3, 0.4) is 0 Å². The number of ether oxygens (including phenoxy) is 2. The van der Waals surface area contributed by atoms with Gasteiger partial charge in [0.1, 0.15) is 17.2 Å². The molecule has 0 aliphatic carbocycles. The third kappa shape index (κ3) is 5.28. The summed E-state index contributed by atoms with van der Waals surface area (Å²) in [5, 5.41) is 2.69. The first kappa shape index (κ1) is 22.7. The molecule has 4 rings (SSSR count). The predicted molar refractivity (Wildman–Crippen MR) is 127 cm³/mol. The highest BCUT2D eigenvalue weighted by molar-refractivity contribution is 6.13. The van der Waals surface area contributed by atoms with Crippen molar-refractivity contribution in [2.75, 3.05) is 58.4 Å². The Morgan fingerprint density at radius 2 is 1.73 bits per heavy atom. The zero-order chi connectivity index (χ0) is 23.2. The van der Waals surface area contributed by atoms with E-state index in [4.69, 9.17) is 9.47 Å². The molecule has 0 radical (unpaired) electrons. The smallest absolute Gasteiger partial charge is 0.329 e. The van der Waals surface area contributed by atoms with E-state index in [0.717, 1.165) is 56.1 Å². The van der Waals surface area contributed by atoms with Gasteiger partial charge in [0, 0.05) is 32.7 Å². The lowest BCUT2D eigenvalue weighted by Gasteiger charge is -2.36. The molecule has 0 spiro atoms. The number of piperazine rings is 1. The molecule has 2 heterocycles. The topological polar surface area (TPSA) is 74.3 Å². The van der Waals surface area contributed by atoms with Crippen molar-refractivity contribution >= 4 is 23.7 Å². The second-order valence-corrected chi connectivity index (χ2v) is 8.08. The van der Waals surface area contributed by atoms with Crippen LogP contribution < -0.4 is 19.7 Å². The van der Waals surface area contributed by atoms with Gasteiger partial charge in [0.05, 0.1) is 19.9 Å². The van der Waals surface area contributed by atoms with Gasteiger partial charge in [-0.05, 0) is 48.9 Å². The van der Waals surface area contributed by atoms with Gasteiger partial charge in [0.2, 0.25) is 0 Å². The van der Waals surface area contributed by atoms with Crippen LogP contribution in [-0.4, -0.2) is 75.2 Å². The summed E-state index contributed by atoms with van der Waals surface area (Å²) in [5.74, 6) is 1.30. The summed E-state index contributed by atoms with van der Waals surface area (Å²) in [7, 11) is 3.29. The molecule has 8 heteroatoms. The molecular weight excluding hydrogens is 420 g/mol. The molecule has 174 valence electrons. The zero-order valence-corrected chi connectivity index (χ0v) is 19.1. The fourth-order valence-electron chi connectivity index (χ4n) is 4.23. The monoisotopic (exact) mass is 450 g/mol. The minimum absolute atomic E-state index is 0.288. The number of rotatable bonds is 8. The predicted octanol–water partition coefficient (Wildman–Crippen LogP) is 2.81. The van der Waals surface area contributed by atoms with Crippen LogP contribution in [0, 0.1) is 0 Å². The summed E-state index contributed by atoms with van der Waals surface area (Å²) in [6.07, 6.45) is 2.42. The third-order valence-electron chi connectivity index (χ3n) is 6.02. The molecule has 2 aromatic carbocycles. The lowest BCUT2D eigenvalue weighted by Crippen LogP contribution is -2.47. The molecule has 0 aromatic heterocycles. The zero-order valence-electron chi connectivity index (χ0n) is 19.1. The normalized spacial score (nSPS) is 18.1. The van der Waals surface area contributed by atoms with Crippen LogP contribution in [0.25, 0.3) is 6.08 Å². The number of benzene rings is 2. The number of imide groups is 1. The number of urea groups is 1. The molecule has 0 saturated carbocycles. The lowest BCUT2D eigenvalue weighted by molar-refractivity contribution is -0.122. The SMILES string of the molecule is COc1cccc(/C=C2/NC(=O)N(CCCN3CCN(c4ccccc4OC)CC3)C2=O)c1. The van der Waals surface area contributed by atoms with Crippen LogP contribution in [0.15, 0.2) is 54.2 Å². The van der Waals surface area contributed by atoms with E-state index in [1.54, 1.807) is 20.3 Å². The molecule has 2 fully saturated rings. The van der Waals surface area contributed by atoms with E-state index < -0.39 is 0 Å². The van der Waals surface area contributed by atoms with Crippen LogP contribution in [0.2, 0.25) is 0 Å². The molecule has 2 aromatic rings. The van der Waals surface area contributed by atoms with Crippen LogP contribution in [-0.2, 0) is 4.79 Å². The Morgan fingerprint density at radius 3 is 2.48 bits per heavy atom. The minimum atomic E-state index is -0.366. The number of carbonyl (C=O) groups excluding carboxylic acids is 2. The molecule has 2 aliphatic rings. The Labute approximate surface area is 194 Å². The number of methoxy groups -OCH3 is 2. The fourth-order valence-corrected chi connectivity index (χ4v) is 4.23. The molecule has 0 atom stereocenters. The highest BCUT2D eigenvalue weighted by atomic mass is 16.5. The number of anilines is 1. The lowest BCUT2D eigenvalue weighted by atomic mass is 10.2. The van der Waals surface area contributed by atoms with Gasteiger partial charge in [-0.1, -0.05) is 24.3 Å². The summed E-state index contributed by atoms with van der Waals surface area (Å²) in [4.78, 5) is 31.1. The van der Waals surface area contributed by atoms with Gasteiger partial charge in [-0.25, -0.2) is 4.79 Å². The highest BCUT2D eigenvalue weighted by Gasteiger charge is 2.33. The largest absolute Gasteiger partial charge is 0.497 e. The second-order valence-electron chi connectivity index (χ2n) is 8.08. The van der Waals surface area contributed by atoms with Crippen molar-refractivity contribution in [1.29, 1.82) is 0 Å². The van der Waals surface area contributed by atoms with Crippen molar-refractivity contribution in [3.8, 4) is 11.5 Å². The van der Waals surface area contributed by atoms with Gasteiger partial charge in [0.15, 0.2) is 0 Å². The molecule has 1 N–H and O–H groups in total. The molecular formula is C25H30N4O4. The summed E-state index contributed by atoms with van der Waals surface area (Å²) in [6, 6.07) is 15.1. The Hall–Kier alpha value is -3.52. The molecule has 33 heavy (non-hydrogen) atoms. The molecule has 0 unspecified atom stereocenters. The number of carbonyl (C=O) groups is 2. The third-order valence-corrected chi connectivity index (χ3v) is 6.02. The van der Waals surface area contributed by atoms with Crippen molar-refractivity contribution in [2.45, 2.75) is 6.42 Å². The van der Waals surface area contributed by atoms with Crippen molar-refractivity contribution in [3.05, 3.63) is 59.8 Å². The first-order chi connectivity index (χ1) is 16.1. The van der Waals surface area contributed by atoms with E-state index in [1.807, 2.05) is 42.5 Å². The first-order valence-corrected chi connectivity index (χ1v) is 11.2. The van der Waals surface area contributed by atoms with Crippen LogP contribution in [0.5, 0.6) is 11.5 Å². The average molecular weight is 451 g/mol. The van der Waals surface area contributed by atoms with Gasteiger partial charge in [0.25, 0.3) is 5.91 Å². The van der Waals surface area contributed by atoms with Gasteiger partial charge >= 0.3 is 6.03 Å². The number of nitrogens with one attached hydrogen (secondary N) is 1. The van der Waals surface area contributed by atoms with Crippen molar-refractivity contribution in [1.82, 2.24) is 15.1 Å². The summed E-state index contributed by atoms with van der Waals surface area (Å²) in [6.45, 7) is 4.92. The molecule has 8 nitrogen and oxygen atoms in total. The quantitative estimate of drug-likeness (QED) is 0.493. The number of hydrogen-bond donors (Lipinski definition) is 1. The van der Waals surface area contributed by atoms with Crippen LogP contribution in [0.4, 0.5) is 10.5 Å². The van der Waals surface area contributed by atoms with Gasteiger partial charge in [-0.15, -0.1) is 0 Å². The van der Waals surface area contributed by atoms with Crippen molar-refractivity contribution in [3.63, 3.8) is 0 Å². The molecule has 3 amide bonds. The highest BCUT2D eigenvalue weighted by Crippen LogP contribution is 2.28. The Morgan fingerprint density at radius 1 is 0.939 bits per heavy atom. The van der Waals surface area contributed by atoms with E-state index in [1.165, 1.54) is 4.90 Å². The van der Waals surface area contributed by atoms with E-state index in [-0.39, 0.29) is 11.9 Å². The van der Waals surface area contributed by atoms with Crippen molar-refractivity contribution in [2.24, 2.45) is 0 Å². The van der Waals surface area contributed by atoms with E-state index in [9.17, 15) is 9.59 Å². The van der Waals surface area contributed by atoms with Gasteiger partial charge in [-0.3, -0.25) is 14.6 Å². The minimum Gasteiger partial charge on any atom is -0.497 e. The van der Waals surface area contributed by atoms with Gasteiger partial charge in [-0.2, -0.15) is 0 Å². The Balaban J connectivity index is 1.26. The molecule has 2 aliphatic heterocycles. The Bertz CT molecular complexity index is 1030. The molecule has 0 bridgehead atoms. The maximum atomic E-state index is 12.7. The fraction of sp³-hybridized carbons (Fsp3) is 0.360. The number of amides is 3. The number of hydrogen-bond acceptors (Lipinski definition) is 6. The Kier molecular flexibility index (Phi) is 7.14. The maximum Gasteiger partial charge on any atom is 0.329 e. The van der Waals surface area contributed by atoms with Gasteiger partial charge < -0.3 is 19.7 Å². The molecule has 2 saturated heterocycles. The van der Waals surface area contributed by atoms with Crippen LogP contribution >= 0.6 is 0 Å². The second kappa shape index (κ2) is 10.4.